The highest BCUT2D eigenvalue weighted by atomic mass is 35.5. The zero-order valence-electron chi connectivity index (χ0n) is 8.24. The summed E-state index contributed by atoms with van der Waals surface area (Å²) in [6.45, 7) is 0. The first-order valence-electron chi connectivity index (χ1n) is 4.61. The number of hydrogen-bond acceptors (Lipinski definition) is 1. The number of alkyl halides is 1. The van der Waals surface area contributed by atoms with Crippen LogP contribution in [-0.2, 0) is 0 Å². The lowest BCUT2D eigenvalue weighted by atomic mass is 10.2. The van der Waals surface area contributed by atoms with Crippen LogP contribution < -0.4 is 11.1 Å². The molecule has 0 atom stereocenters. The fraction of sp³-hybridized carbons (Fsp3) is 0.182. The number of primary amides is 1. The second kappa shape index (κ2) is 6.09. The summed E-state index contributed by atoms with van der Waals surface area (Å²) in [5.74, 6) is 0.623. The highest BCUT2D eigenvalue weighted by Gasteiger charge is 1.94. The van der Waals surface area contributed by atoms with Gasteiger partial charge in [0.15, 0.2) is 0 Å². The maximum absolute atomic E-state index is 10.5. The fourth-order valence-corrected chi connectivity index (χ4v) is 1.23. The number of anilines is 1. The van der Waals surface area contributed by atoms with Crippen molar-refractivity contribution >= 4 is 29.4 Å². The van der Waals surface area contributed by atoms with E-state index in [1.807, 2.05) is 24.3 Å². The molecule has 0 heterocycles. The Morgan fingerprint density at radius 3 is 2.60 bits per heavy atom. The lowest BCUT2D eigenvalue weighted by Gasteiger charge is -2.01. The number of amides is 2. The molecule has 1 rings (SSSR count). The number of carbonyl (C=O) groups excluding carboxylic acids is 1. The van der Waals surface area contributed by atoms with Gasteiger partial charge in [-0.3, -0.25) is 0 Å². The van der Waals surface area contributed by atoms with Gasteiger partial charge >= 0.3 is 6.03 Å². The quantitative estimate of drug-likeness (QED) is 0.760. The van der Waals surface area contributed by atoms with Gasteiger partial charge in [-0.15, -0.1) is 11.6 Å². The maximum Gasteiger partial charge on any atom is 0.316 e. The van der Waals surface area contributed by atoms with Crippen molar-refractivity contribution in [2.45, 2.75) is 6.42 Å². The van der Waals surface area contributed by atoms with Gasteiger partial charge in [0.2, 0.25) is 0 Å². The van der Waals surface area contributed by atoms with Gasteiger partial charge < -0.3 is 11.1 Å². The topological polar surface area (TPSA) is 55.1 Å². The summed E-state index contributed by atoms with van der Waals surface area (Å²) in [5, 5.41) is 2.49. The lowest BCUT2D eigenvalue weighted by molar-refractivity contribution is 0.259. The van der Waals surface area contributed by atoms with Crippen molar-refractivity contribution in [3.05, 3.63) is 35.9 Å². The van der Waals surface area contributed by atoms with E-state index in [0.717, 1.165) is 12.0 Å². The molecule has 0 radical (unpaired) electrons. The Hall–Kier alpha value is -1.48. The van der Waals surface area contributed by atoms with Gasteiger partial charge in [-0.25, -0.2) is 4.79 Å². The number of allylic oxidation sites excluding steroid dienone is 1. The number of halogens is 1. The number of carbonyl (C=O) groups is 1. The van der Waals surface area contributed by atoms with Crippen LogP contribution in [-0.4, -0.2) is 11.9 Å². The SMILES string of the molecule is NC(=O)Nc1ccc(C=CCCCl)cc1. The summed E-state index contributed by atoms with van der Waals surface area (Å²) >= 11 is 5.54. The zero-order chi connectivity index (χ0) is 11.1. The molecular formula is C11H13ClN2O. The van der Waals surface area contributed by atoms with Gasteiger partial charge in [0.25, 0.3) is 0 Å². The van der Waals surface area contributed by atoms with E-state index in [0.29, 0.717) is 11.6 Å². The molecule has 80 valence electrons. The van der Waals surface area contributed by atoms with Crippen LogP contribution in [0.25, 0.3) is 6.08 Å². The Morgan fingerprint density at radius 2 is 2.07 bits per heavy atom. The van der Waals surface area contributed by atoms with Crippen LogP contribution in [0.15, 0.2) is 30.3 Å². The van der Waals surface area contributed by atoms with Crippen LogP contribution in [0, 0.1) is 0 Å². The normalized spacial score (nSPS) is 10.5. The van der Waals surface area contributed by atoms with Gasteiger partial charge in [0, 0.05) is 11.6 Å². The van der Waals surface area contributed by atoms with Crippen LogP contribution in [0.1, 0.15) is 12.0 Å². The van der Waals surface area contributed by atoms with Crippen LogP contribution in [0.4, 0.5) is 10.5 Å². The Morgan fingerprint density at radius 1 is 1.40 bits per heavy atom. The Bertz CT molecular complexity index is 346. The van der Waals surface area contributed by atoms with Gasteiger partial charge in [-0.2, -0.15) is 0 Å². The number of nitrogens with one attached hydrogen (secondary N) is 1. The average molecular weight is 225 g/mol. The summed E-state index contributed by atoms with van der Waals surface area (Å²) in [6, 6.07) is 6.84. The molecule has 0 bridgehead atoms. The van der Waals surface area contributed by atoms with E-state index in [9.17, 15) is 4.79 Å². The molecule has 2 amide bonds. The fourth-order valence-electron chi connectivity index (χ4n) is 1.10. The lowest BCUT2D eigenvalue weighted by Crippen LogP contribution is -2.19. The summed E-state index contributed by atoms with van der Waals surface area (Å²) in [5.41, 5.74) is 6.74. The highest BCUT2D eigenvalue weighted by molar-refractivity contribution is 6.17. The monoisotopic (exact) mass is 224 g/mol. The molecule has 0 saturated carbocycles. The minimum absolute atomic E-state index is 0.555. The minimum Gasteiger partial charge on any atom is -0.351 e. The van der Waals surface area contributed by atoms with Crippen molar-refractivity contribution in [2.75, 3.05) is 11.2 Å². The van der Waals surface area contributed by atoms with Gasteiger partial charge in [0.1, 0.15) is 0 Å². The first kappa shape index (κ1) is 11.6. The molecule has 0 aliphatic rings. The number of rotatable bonds is 4. The first-order valence-corrected chi connectivity index (χ1v) is 5.15. The molecule has 0 saturated heterocycles. The minimum atomic E-state index is -0.555. The Balaban J connectivity index is 2.60. The molecule has 0 fully saturated rings. The van der Waals surface area contributed by atoms with E-state index in [1.54, 1.807) is 12.1 Å². The van der Waals surface area contributed by atoms with E-state index in [2.05, 4.69) is 5.32 Å². The Kier molecular flexibility index (Phi) is 4.71. The van der Waals surface area contributed by atoms with Crippen molar-refractivity contribution in [1.82, 2.24) is 0 Å². The summed E-state index contributed by atoms with van der Waals surface area (Å²) < 4.78 is 0. The van der Waals surface area contributed by atoms with E-state index in [4.69, 9.17) is 17.3 Å². The predicted molar refractivity (Wildman–Crippen MR) is 64.0 cm³/mol. The smallest absolute Gasteiger partial charge is 0.316 e. The van der Waals surface area contributed by atoms with Gasteiger partial charge in [-0.05, 0) is 24.1 Å². The predicted octanol–water partition coefficient (Wildman–Crippen LogP) is 2.82. The van der Waals surface area contributed by atoms with Gasteiger partial charge in [0.05, 0.1) is 0 Å². The number of nitrogens with two attached hydrogens (primary N) is 1. The standard InChI is InChI=1S/C11H13ClN2O/c12-8-2-1-3-9-4-6-10(7-5-9)14-11(13)15/h1,3-7H,2,8H2,(H3,13,14,15). The molecule has 4 heteroatoms. The van der Waals surface area contributed by atoms with Crippen molar-refractivity contribution in [3.8, 4) is 0 Å². The molecule has 3 N–H and O–H groups in total. The first-order chi connectivity index (χ1) is 7.22. The van der Waals surface area contributed by atoms with Crippen LogP contribution in [0.3, 0.4) is 0 Å². The maximum atomic E-state index is 10.5. The van der Waals surface area contributed by atoms with Gasteiger partial charge in [-0.1, -0.05) is 24.3 Å². The number of urea groups is 1. The molecule has 3 nitrogen and oxygen atoms in total. The van der Waals surface area contributed by atoms with Crippen molar-refractivity contribution in [3.63, 3.8) is 0 Å². The van der Waals surface area contributed by atoms with E-state index >= 15 is 0 Å². The van der Waals surface area contributed by atoms with Crippen LogP contribution in [0.2, 0.25) is 0 Å². The van der Waals surface area contributed by atoms with Crippen molar-refractivity contribution < 1.29 is 4.79 Å². The third-order valence-electron chi connectivity index (χ3n) is 1.76. The molecule has 0 aliphatic carbocycles. The third-order valence-corrected chi connectivity index (χ3v) is 1.98. The second-order valence-electron chi connectivity index (χ2n) is 2.99. The average Bonchev–Trinajstić information content (AvgIpc) is 2.20. The van der Waals surface area contributed by atoms with Crippen LogP contribution in [0.5, 0.6) is 0 Å². The molecule has 0 unspecified atom stereocenters. The highest BCUT2D eigenvalue weighted by Crippen LogP contribution is 2.10. The van der Waals surface area contributed by atoms with Crippen molar-refractivity contribution in [1.29, 1.82) is 0 Å². The van der Waals surface area contributed by atoms with E-state index in [1.165, 1.54) is 0 Å². The third kappa shape index (κ3) is 4.51. The van der Waals surface area contributed by atoms with E-state index in [-0.39, 0.29) is 0 Å². The summed E-state index contributed by atoms with van der Waals surface area (Å²) in [4.78, 5) is 10.5. The molecule has 1 aromatic carbocycles. The largest absolute Gasteiger partial charge is 0.351 e. The van der Waals surface area contributed by atoms with E-state index < -0.39 is 6.03 Å². The molecule has 0 aromatic heterocycles. The van der Waals surface area contributed by atoms with Crippen LogP contribution >= 0.6 is 11.6 Å². The molecule has 15 heavy (non-hydrogen) atoms. The zero-order valence-corrected chi connectivity index (χ0v) is 9.00. The van der Waals surface area contributed by atoms with Crippen molar-refractivity contribution in [2.24, 2.45) is 5.73 Å². The number of hydrogen-bond donors (Lipinski definition) is 2. The Labute approximate surface area is 93.9 Å². The molecular weight excluding hydrogens is 212 g/mol. The molecule has 1 aromatic rings. The molecule has 0 spiro atoms. The number of benzene rings is 1. The molecule has 0 aliphatic heterocycles. The summed E-state index contributed by atoms with van der Waals surface area (Å²) in [7, 11) is 0. The second-order valence-corrected chi connectivity index (χ2v) is 3.37. The summed E-state index contributed by atoms with van der Waals surface area (Å²) in [6.07, 6.45) is 4.84.